The van der Waals surface area contributed by atoms with Gasteiger partial charge in [-0.3, -0.25) is 9.59 Å². The molecule has 3 aliphatic heterocycles. The van der Waals surface area contributed by atoms with E-state index in [0.29, 0.717) is 55.5 Å². The van der Waals surface area contributed by atoms with Gasteiger partial charge < -0.3 is 34.3 Å². The molecule has 0 saturated carbocycles. The Morgan fingerprint density at radius 3 is 2.73 bits per heavy atom. The number of phenols is 1. The minimum absolute atomic E-state index is 0.0169. The molecular formula is C35H34N2O7. The lowest BCUT2D eigenvalue weighted by molar-refractivity contribution is -0.133. The van der Waals surface area contributed by atoms with Gasteiger partial charge in [0.05, 0.1) is 38.3 Å². The molecule has 226 valence electrons. The predicted octanol–water partition coefficient (Wildman–Crippen LogP) is 5.65. The number of nitrogens with one attached hydrogen (secondary N) is 1. The lowest BCUT2D eigenvalue weighted by Crippen LogP contribution is -2.41. The highest BCUT2D eigenvalue weighted by Crippen LogP contribution is 2.43. The number of methoxy groups -OCH3 is 1. The summed E-state index contributed by atoms with van der Waals surface area (Å²) in [5.41, 5.74) is 2.97. The van der Waals surface area contributed by atoms with E-state index >= 15 is 0 Å². The number of hydrogen-bond donors (Lipinski definition) is 2. The monoisotopic (exact) mass is 594 g/mol. The summed E-state index contributed by atoms with van der Waals surface area (Å²) in [6, 6.07) is 25.2. The molecule has 1 atom stereocenters. The fourth-order valence-corrected chi connectivity index (χ4v) is 5.63. The quantitative estimate of drug-likeness (QED) is 0.308. The average molecular weight is 595 g/mol. The van der Waals surface area contributed by atoms with Gasteiger partial charge >= 0.3 is 0 Å². The van der Waals surface area contributed by atoms with E-state index in [1.54, 1.807) is 13.2 Å². The zero-order valence-corrected chi connectivity index (χ0v) is 24.5. The molecule has 9 heteroatoms. The minimum Gasteiger partial charge on any atom is -0.507 e. The third kappa shape index (κ3) is 6.27. The van der Waals surface area contributed by atoms with Gasteiger partial charge in [0.1, 0.15) is 23.0 Å². The molecule has 44 heavy (non-hydrogen) atoms. The second-order valence-corrected chi connectivity index (χ2v) is 10.7. The maximum Gasteiger partial charge on any atom is 0.255 e. The van der Waals surface area contributed by atoms with Gasteiger partial charge in [-0.25, -0.2) is 0 Å². The number of para-hydroxylation sites is 1. The lowest BCUT2D eigenvalue weighted by atomic mass is 9.87. The molecule has 0 aromatic heterocycles. The van der Waals surface area contributed by atoms with Crippen LogP contribution in [0.25, 0.3) is 0 Å². The molecule has 4 aromatic rings. The first-order valence-corrected chi connectivity index (χ1v) is 14.7. The van der Waals surface area contributed by atoms with Crippen LogP contribution in [0.3, 0.4) is 0 Å². The molecule has 9 nitrogen and oxygen atoms in total. The zero-order valence-electron chi connectivity index (χ0n) is 24.5. The van der Waals surface area contributed by atoms with Gasteiger partial charge in [-0.2, -0.15) is 0 Å². The summed E-state index contributed by atoms with van der Waals surface area (Å²) in [6.45, 7) is 1.50. The number of phenolic OH excluding ortho intramolecular Hbond substituents is 1. The van der Waals surface area contributed by atoms with Crippen molar-refractivity contribution in [1.29, 1.82) is 0 Å². The molecule has 2 N–H and O–H groups in total. The molecule has 1 unspecified atom stereocenters. The fourth-order valence-electron chi connectivity index (χ4n) is 5.63. The number of benzene rings is 4. The maximum atomic E-state index is 13.7. The molecule has 0 fully saturated rings. The predicted molar refractivity (Wildman–Crippen MR) is 164 cm³/mol. The summed E-state index contributed by atoms with van der Waals surface area (Å²) in [4.78, 5) is 28.4. The molecular weight excluding hydrogens is 560 g/mol. The SMILES string of the molecule is COc1cc2c3cc1Oc1ccc(O)c(c1)C(=O)NCCCOc1cccc(c1)C2N(C(=O)CCOc1ccccc1)CC3. The summed E-state index contributed by atoms with van der Waals surface area (Å²) in [7, 11) is 1.56. The standard InChI is InChI=1S/C35H34N2O7/c1-41-31-22-28-23-13-16-37(33(39)14-18-43-25-8-3-2-4-9-25)34(28)24-7-5-10-26(19-24)42-17-6-15-36-35(40)29-21-27(11-12-30(29)38)44-32(31)20-23/h2-5,7-12,19-22,34,38H,6,13-18H2,1H3,(H,36,40). The summed E-state index contributed by atoms with van der Waals surface area (Å²) < 4.78 is 23.9. The Kier molecular flexibility index (Phi) is 8.54. The van der Waals surface area contributed by atoms with Crippen molar-refractivity contribution in [1.82, 2.24) is 10.2 Å². The van der Waals surface area contributed by atoms with E-state index in [2.05, 4.69) is 5.32 Å². The van der Waals surface area contributed by atoms with E-state index in [0.717, 1.165) is 22.4 Å². The summed E-state index contributed by atoms with van der Waals surface area (Å²) in [5.74, 6) is 2.15. The van der Waals surface area contributed by atoms with Crippen molar-refractivity contribution in [2.45, 2.75) is 25.3 Å². The molecule has 0 radical (unpaired) electrons. The molecule has 0 spiro atoms. The average Bonchev–Trinajstić information content (AvgIpc) is 3.04. The first-order chi connectivity index (χ1) is 21.5. The van der Waals surface area contributed by atoms with Crippen LogP contribution in [0.4, 0.5) is 0 Å². The Balaban J connectivity index is 1.37. The molecule has 0 saturated heterocycles. The summed E-state index contributed by atoms with van der Waals surface area (Å²) in [5, 5.41) is 13.2. The van der Waals surface area contributed by atoms with Crippen LogP contribution in [-0.2, 0) is 11.2 Å². The Labute approximate surface area is 255 Å². The third-order valence-electron chi connectivity index (χ3n) is 7.79. The van der Waals surface area contributed by atoms with Crippen LogP contribution in [0.15, 0.2) is 84.9 Å². The highest BCUT2D eigenvalue weighted by atomic mass is 16.5. The lowest BCUT2D eigenvalue weighted by Gasteiger charge is -2.38. The van der Waals surface area contributed by atoms with Gasteiger partial charge in [-0.1, -0.05) is 30.3 Å². The number of carbonyl (C=O) groups excluding carboxylic acids is 2. The molecule has 4 aromatic carbocycles. The van der Waals surface area contributed by atoms with Crippen LogP contribution < -0.4 is 24.3 Å². The topological polar surface area (TPSA) is 107 Å². The van der Waals surface area contributed by atoms with Crippen molar-refractivity contribution in [2.75, 3.05) is 33.4 Å². The van der Waals surface area contributed by atoms with Gasteiger partial charge in [-0.15, -0.1) is 0 Å². The normalized spacial score (nSPS) is 16.1. The van der Waals surface area contributed by atoms with Crippen LogP contribution >= 0.6 is 0 Å². The van der Waals surface area contributed by atoms with E-state index in [9.17, 15) is 14.7 Å². The number of rotatable bonds is 5. The van der Waals surface area contributed by atoms with Gasteiger partial charge in [0, 0.05) is 13.1 Å². The van der Waals surface area contributed by atoms with Gasteiger partial charge in [0.25, 0.3) is 5.91 Å². The van der Waals surface area contributed by atoms with Crippen molar-refractivity contribution < 1.29 is 33.6 Å². The Bertz CT molecular complexity index is 1660. The number of hydrogen-bond acceptors (Lipinski definition) is 7. The Morgan fingerprint density at radius 2 is 1.89 bits per heavy atom. The van der Waals surface area contributed by atoms with Crippen LogP contribution in [0.2, 0.25) is 0 Å². The number of carbonyl (C=O) groups is 2. The van der Waals surface area contributed by atoms with Crippen molar-refractivity contribution in [3.05, 3.63) is 107 Å². The highest BCUT2D eigenvalue weighted by Gasteiger charge is 2.33. The van der Waals surface area contributed by atoms with Gasteiger partial charge in [-0.05, 0) is 84.1 Å². The van der Waals surface area contributed by atoms with Crippen LogP contribution in [0, 0.1) is 0 Å². The minimum atomic E-state index is -0.407. The van der Waals surface area contributed by atoms with Crippen LogP contribution in [0.1, 0.15) is 45.9 Å². The largest absolute Gasteiger partial charge is 0.507 e. The number of nitrogens with zero attached hydrogens (tertiary/aromatic N) is 1. The van der Waals surface area contributed by atoms with Crippen molar-refractivity contribution in [2.24, 2.45) is 0 Å². The molecule has 0 aliphatic carbocycles. The van der Waals surface area contributed by atoms with E-state index in [-0.39, 0.29) is 36.3 Å². The van der Waals surface area contributed by atoms with Crippen LogP contribution in [0.5, 0.6) is 34.5 Å². The molecule has 3 aliphatic rings. The Morgan fingerprint density at radius 1 is 1.02 bits per heavy atom. The number of amides is 2. The van der Waals surface area contributed by atoms with Crippen molar-refractivity contribution >= 4 is 11.8 Å². The number of aromatic hydroxyl groups is 1. The smallest absolute Gasteiger partial charge is 0.255 e. The summed E-state index contributed by atoms with van der Waals surface area (Å²) >= 11 is 0. The highest BCUT2D eigenvalue weighted by molar-refractivity contribution is 5.97. The zero-order chi connectivity index (χ0) is 30.5. The molecule has 2 amide bonds. The van der Waals surface area contributed by atoms with Crippen molar-refractivity contribution in [3.63, 3.8) is 0 Å². The first-order valence-electron chi connectivity index (χ1n) is 14.7. The fraction of sp³-hybridized carbons (Fsp3) is 0.257. The number of fused-ring (bicyclic) bond motifs is 6. The first kappa shape index (κ1) is 28.9. The molecule has 8 bridgehead atoms. The van der Waals surface area contributed by atoms with Crippen molar-refractivity contribution in [3.8, 4) is 34.5 Å². The summed E-state index contributed by atoms with van der Waals surface area (Å²) in [6.07, 6.45) is 1.39. The molecule has 7 rings (SSSR count). The molecule has 3 heterocycles. The van der Waals surface area contributed by atoms with E-state index < -0.39 is 5.91 Å². The maximum absolute atomic E-state index is 13.7. The van der Waals surface area contributed by atoms with Gasteiger partial charge in [0.15, 0.2) is 11.5 Å². The van der Waals surface area contributed by atoms with Gasteiger partial charge in [0.2, 0.25) is 5.91 Å². The number of ether oxygens (including phenoxy) is 4. The van der Waals surface area contributed by atoms with E-state index in [1.807, 2.05) is 71.6 Å². The third-order valence-corrected chi connectivity index (χ3v) is 7.79. The second-order valence-electron chi connectivity index (χ2n) is 10.7. The second kappa shape index (κ2) is 13.0. The van der Waals surface area contributed by atoms with E-state index in [4.69, 9.17) is 18.9 Å². The Hall–Kier alpha value is -5.18. The van der Waals surface area contributed by atoms with Crippen LogP contribution in [-0.4, -0.2) is 55.2 Å². The van der Waals surface area contributed by atoms with E-state index in [1.165, 1.54) is 12.1 Å².